The van der Waals surface area contributed by atoms with Crippen LogP contribution in [0.4, 0.5) is 0 Å². The van der Waals surface area contributed by atoms with Crippen LogP contribution in [0.25, 0.3) is 0 Å². The molecule has 1 fully saturated rings. The minimum atomic E-state index is -0.828. The van der Waals surface area contributed by atoms with Crippen molar-refractivity contribution >= 4 is 11.9 Å². The quantitative estimate of drug-likeness (QED) is 0.774. The number of carboxylic acid groups (broad SMARTS) is 1. The van der Waals surface area contributed by atoms with Crippen molar-refractivity contribution in [2.75, 3.05) is 7.11 Å². The molecule has 6 nitrogen and oxygen atoms in total. The summed E-state index contributed by atoms with van der Waals surface area (Å²) in [5, 5.41) is 21.6. The van der Waals surface area contributed by atoms with Crippen molar-refractivity contribution in [1.29, 1.82) is 0 Å². The summed E-state index contributed by atoms with van der Waals surface area (Å²) in [6.45, 7) is 0. The number of hydrogen-bond donors (Lipinski definition) is 3. The molecule has 3 N–H and O–H groups in total. The van der Waals surface area contributed by atoms with E-state index in [2.05, 4.69) is 5.32 Å². The van der Waals surface area contributed by atoms with Gasteiger partial charge in [-0.3, -0.25) is 9.59 Å². The van der Waals surface area contributed by atoms with Crippen LogP contribution >= 0.6 is 0 Å². The van der Waals surface area contributed by atoms with Crippen LogP contribution in [0, 0.1) is 5.92 Å². The Morgan fingerprint density at radius 2 is 2.10 bits per heavy atom. The van der Waals surface area contributed by atoms with Crippen molar-refractivity contribution in [3.05, 3.63) is 23.8 Å². The Morgan fingerprint density at radius 3 is 2.70 bits per heavy atom. The SMILES string of the molecule is COc1cccc(C(=O)NC2CCC(C(=O)O)C2)c1O. The molecule has 0 bridgehead atoms. The number of para-hydroxylation sites is 1. The lowest BCUT2D eigenvalue weighted by Crippen LogP contribution is -2.33. The van der Waals surface area contributed by atoms with Gasteiger partial charge in [0.25, 0.3) is 5.91 Å². The molecule has 1 amide bonds. The van der Waals surface area contributed by atoms with E-state index in [-0.39, 0.29) is 23.1 Å². The van der Waals surface area contributed by atoms with Gasteiger partial charge in [0.1, 0.15) is 0 Å². The Kier molecular flexibility index (Phi) is 4.12. The largest absolute Gasteiger partial charge is 0.504 e. The maximum Gasteiger partial charge on any atom is 0.306 e. The molecule has 0 heterocycles. The second kappa shape index (κ2) is 5.81. The zero-order valence-corrected chi connectivity index (χ0v) is 11.1. The van der Waals surface area contributed by atoms with Crippen LogP contribution < -0.4 is 10.1 Å². The predicted molar refractivity (Wildman–Crippen MR) is 70.9 cm³/mol. The highest BCUT2D eigenvalue weighted by atomic mass is 16.5. The average molecular weight is 279 g/mol. The van der Waals surface area contributed by atoms with Crippen LogP contribution in [0.2, 0.25) is 0 Å². The Bertz CT molecular complexity index is 528. The van der Waals surface area contributed by atoms with E-state index in [4.69, 9.17) is 9.84 Å². The van der Waals surface area contributed by atoms with Gasteiger partial charge < -0.3 is 20.3 Å². The molecule has 6 heteroatoms. The van der Waals surface area contributed by atoms with Gasteiger partial charge in [-0.15, -0.1) is 0 Å². The summed E-state index contributed by atoms with van der Waals surface area (Å²) in [6, 6.07) is 4.50. The standard InChI is InChI=1S/C14H17NO5/c1-20-11-4-2-3-10(12(11)16)13(17)15-9-6-5-8(7-9)14(18)19/h2-4,8-9,16H,5-7H2,1H3,(H,15,17)(H,18,19). The van der Waals surface area contributed by atoms with Crippen molar-refractivity contribution in [3.8, 4) is 11.5 Å². The number of phenols is 1. The number of rotatable bonds is 4. The fraction of sp³-hybridized carbons (Fsp3) is 0.429. The molecule has 0 aliphatic heterocycles. The first kappa shape index (κ1) is 14.2. The number of phenolic OH excluding ortho intramolecular Hbond substituents is 1. The Balaban J connectivity index is 2.04. The molecule has 1 aliphatic carbocycles. The molecule has 20 heavy (non-hydrogen) atoms. The number of hydrogen-bond acceptors (Lipinski definition) is 4. The second-order valence-corrected chi connectivity index (χ2v) is 4.88. The predicted octanol–water partition coefficient (Wildman–Crippen LogP) is 1.38. The molecule has 0 aromatic heterocycles. The van der Waals surface area contributed by atoms with Crippen molar-refractivity contribution < 1.29 is 24.5 Å². The third kappa shape index (κ3) is 2.84. The number of aliphatic carboxylic acids is 1. The monoisotopic (exact) mass is 279 g/mol. The van der Waals surface area contributed by atoms with Crippen LogP contribution in [-0.2, 0) is 4.79 Å². The van der Waals surface area contributed by atoms with E-state index < -0.39 is 17.8 Å². The second-order valence-electron chi connectivity index (χ2n) is 4.88. The molecular formula is C14H17NO5. The maximum atomic E-state index is 12.1. The van der Waals surface area contributed by atoms with Crippen molar-refractivity contribution in [3.63, 3.8) is 0 Å². The first-order chi connectivity index (χ1) is 9.52. The van der Waals surface area contributed by atoms with Crippen LogP contribution in [0.3, 0.4) is 0 Å². The summed E-state index contributed by atoms with van der Waals surface area (Å²) in [4.78, 5) is 23.0. The van der Waals surface area contributed by atoms with Gasteiger partial charge >= 0.3 is 5.97 Å². The fourth-order valence-corrected chi connectivity index (χ4v) is 2.47. The third-order valence-corrected chi connectivity index (χ3v) is 3.58. The van der Waals surface area contributed by atoms with Gasteiger partial charge in [0.05, 0.1) is 18.6 Å². The topological polar surface area (TPSA) is 95.9 Å². The average Bonchev–Trinajstić information content (AvgIpc) is 2.87. The minimum absolute atomic E-state index is 0.128. The van der Waals surface area contributed by atoms with Gasteiger partial charge in [-0.05, 0) is 31.4 Å². The highest BCUT2D eigenvalue weighted by Gasteiger charge is 2.31. The summed E-state index contributed by atoms with van der Waals surface area (Å²) in [6.07, 6.45) is 1.61. The maximum absolute atomic E-state index is 12.1. The molecule has 2 rings (SSSR count). The Hall–Kier alpha value is -2.24. The molecular weight excluding hydrogens is 262 g/mol. The smallest absolute Gasteiger partial charge is 0.306 e. The number of carbonyl (C=O) groups is 2. The van der Waals surface area contributed by atoms with Crippen LogP contribution in [0.5, 0.6) is 11.5 Å². The van der Waals surface area contributed by atoms with Crippen LogP contribution in [-0.4, -0.2) is 35.2 Å². The number of methoxy groups -OCH3 is 1. The van der Waals surface area contributed by atoms with Gasteiger partial charge in [0.15, 0.2) is 11.5 Å². The number of carbonyl (C=O) groups excluding carboxylic acids is 1. The van der Waals surface area contributed by atoms with E-state index in [0.717, 1.165) is 0 Å². The van der Waals surface area contributed by atoms with Gasteiger partial charge in [-0.25, -0.2) is 0 Å². The van der Waals surface area contributed by atoms with Gasteiger partial charge in [-0.1, -0.05) is 6.07 Å². The lowest BCUT2D eigenvalue weighted by molar-refractivity contribution is -0.141. The Morgan fingerprint density at radius 1 is 1.35 bits per heavy atom. The van der Waals surface area contributed by atoms with Crippen molar-refractivity contribution in [2.24, 2.45) is 5.92 Å². The highest BCUT2D eigenvalue weighted by Crippen LogP contribution is 2.30. The first-order valence-corrected chi connectivity index (χ1v) is 6.42. The molecule has 108 valence electrons. The molecule has 2 atom stereocenters. The minimum Gasteiger partial charge on any atom is -0.504 e. The van der Waals surface area contributed by atoms with E-state index >= 15 is 0 Å². The molecule has 2 unspecified atom stereocenters. The molecule has 1 aromatic carbocycles. The number of amides is 1. The first-order valence-electron chi connectivity index (χ1n) is 6.42. The lowest BCUT2D eigenvalue weighted by Gasteiger charge is -2.14. The summed E-state index contributed by atoms with van der Waals surface area (Å²) in [7, 11) is 1.41. The molecule has 0 radical (unpaired) electrons. The third-order valence-electron chi connectivity index (χ3n) is 3.58. The van der Waals surface area contributed by atoms with Gasteiger partial charge in [0.2, 0.25) is 0 Å². The molecule has 1 saturated carbocycles. The summed E-state index contributed by atoms with van der Waals surface area (Å²) >= 11 is 0. The van der Waals surface area contributed by atoms with E-state index in [9.17, 15) is 14.7 Å². The Labute approximate surface area is 116 Å². The molecule has 0 spiro atoms. The normalized spacial score (nSPS) is 21.4. The number of aromatic hydroxyl groups is 1. The van der Waals surface area contributed by atoms with Crippen molar-refractivity contribution in [2.45, 2.75) is 25.3 Å². The molecule has 1 aliphatic rings. The van der Waals surface area contributed by atoms with Gasteiger partial charge in [-0.2, -0.15) is 0 Å². The lowest BCUT2D eigenvalue weighted by atomic mass is 10.1. The highest BCUT2D eigenvalue weighted by molar-refractivity contribution is 5.97. The zero-order chi connectivity index (χ0) is 14.7. The summed E-state index contributed by atoms with van der Waals surface area (Å²) in [5.74, 6) is -1.63. The van der Waals surface area contributed by atoms with E-state index in [1.54, 1.807) is 12.1 Å². The van der Waals surface area contributed by atoms with E-state index in [1.165, 1.54) is 13.2 Å². The van der Waals surface area contributed by atoms with E-state index in [1.807, 2.05) is 0 Å². The van der Waals surface area contributed by atoms with Crippen molar-refractivity contribution in [1.82, 2.24) is 5.32 Å². The summed E-state index contributed by atoms with van der Waals surface area (Å²) < 4.78 is 4.95. The number of carboxylic acids is 1. The molecule has 0 saturated heterocycles. The summed E-state index contributed by atoms with van der Waals surface area (Å²) in [5.41, 5.74) is 0.128. The molecule has 1 aromatic rings. The zero-order valence-electron chi connectivity index (χ0n) is 11.1. The fourth-order valence-electron chi connectivity index (χ4n) is 2.47. The number of benzene rings is 1. The number of nitrogens with one attached hydrogen (secondary N) is 1. The van der Waals surface area contributed by atoms with Crippen LogP contribution in [0.15, 0.2) is 18.2 Å². The van der Waals surface area contributed by atoms with E-state index in [0.29, 0.717) is 19.3 Å². The number of ether oxygens (including phenoxy) is 1. The van der Waals surface area contributed by atoms with Gasteiger partial charge in [0, 0.05) is 6.04 Å². The van der Waals surface area contributed by atoms with Crippen LogP contribution in [0.1, 0.15) is 29.6 Å².